The number of aromatic nitrogens is 1. The smallest absolute Gasteiger partial charge is 0.140 e. The molecule has 4 heteroatoms. The summed E-state index contributed by atoms with van der Waals surface area (Å²) in [5, 5.41) is 3.10. The zero-order valence-corrected chi connectivity index (χ0v) is 12.7. The van der Waals surface area contributed by atoms with E-state index >= 15 is 0 Å². The van der Waals surface area contributed by atoms with E-state index in [4.69, 9.17) is 10.5 Å². The highest BCUT2D eigenvalue weighted by atomic mass is 32.1. The number of anilines is 1. The summed E-state index contributed by atoms with van der Waals surface area (Å²) in [7, 11) is 0. The van der Waals surface area contributed by atoms with E-state index in [1.807, 2.05) is 25.1 Å². The fraction of sp³-hybridized carbons (Fsp3) is 0.400. The minimum Gasteiger partial charge on any atom is -0.486 e. The van der Waals surface area contributed by atoms with Gasteiger partial charge in [-0.25, -0.2) is 4.98 Å². The molecule has 1 heterocycles. The fourth-order valence-corrected chi connectivity index (χ4v) is 2.54. The fourth-order valence-electron chi connectivity index (χ4n) is 1.60. The summed E-state index contributed by atoms with van der Waals surface area (Å²) in [5.74, 6) is 0.833. The maximum atomic E-state index is 5.78. The number of nitrogens with two attached hydrogens (primary N) is 1. The van der Waals surface area contributed by atoms with Gasteiger partial charge in [-0.05, 0) is 30.7 Å². The first kappa shape index (κ1) is 13.9. The molecule has 1 aromatic carbocycles. The van der Waals surface area contributed by atoms with Crippen LogP contribution in [0.4, 0.5) is 5.69 Å². The predicted octanol–water partition coefficient (Wildman–Crippen LogP) is 3.91. The Balaban J connectivity index is 2.02. The third-order valence-electron chi connectivity index (χ3n) is 2.92. The van der Waals surface area contributed by atoms with E-state index in [1.165, 1.54) is 0 Å². The molecule has 0 radical (unpaired) electrons. The quantitative estimate of drug-likeness (QED) is 0.865. The van der Waals surface area contributed by atoms with Crippen molar-refractivity contribution in [3.63, 3.8) is 0 Å². The van der Waals surface area contributed by atoms with Gasteiger partial charge in [0.2, 0.25) is 0 Å². The second-order valence-electron chi connectivity index (χ2n) is 5.68. The number of hydrogen-bond donors (Lipinski definition) is 1. The lowest BCUT2D eigenvalue weighted by Gasteiger charge is -2.14. The average molecular weight is 276 g/mol. The van der Waals surface area contributed by atoms with Gasteiger partial charge < -0.3 is 10.5 Å². The van der Waals surface area contributed by atoms with E-state index in [0.29, 0.717) is 6.61 Å². The largest absolute Gasteiger partial charge is 0.486 e. The predicted molar refractivity (Wildman–Crippen MR) is 80.7 cm³/mol. The second kappa shape index (κ2) is 5.21. The molecule has 0 atom stereocenters. The normalized spacial score (nSPS) is 11.6. The lowest BCUT2D eigenvalue weighted by Crippen LogP contribution is -2.11. The molecule has 0 fully saturated rings. The van der Waals surface area contributed by atoms with E-state index in [0.717, 1.165) is 27.7 Å². The molecule has 0 bridgehead atoms. The van der Waals surface area contributed by atoms with Crippen LogP contribution >= 0.6 is 11.3 Å². The molecule has 102 valence electrons. The van der Waals surface area contributed by atoms with Gasteiger partial charge in [0.15, 0.2) is 0 Å². The number of hydrogen-bond acceptors (Lipinski definition) is 4. The monoisotopic (exact) mass is 276 g/mol. The molecule has 0 spiro atoms. The summed E-state index contributed by atoms with van der Waals surface area (Å²) in [5.41, 5.74) is 8.81. The van der Waals surface area contributed by atoms with Crippen molar-refractivity contribution in [2.75, 3.05) is 5.73 Å². The standard InChI is InChI=1S/C15H20N2OS/c1-10-7-11(5-6-12(10)16)18-8-14-17-13(9-19-14)15(2,3)4/h5-7,9H,8,16H2,1-4H3. The van der Waals surface area contributed by atoms with Crippen LogP contribution in [0.15, 0.2) is 23.6 Å². The third kappa shape index (κ3) is 3.47. The van der Waals surface area contributed by atoms with E-state index in [2.05, 4.69) is 31.1 Å². The summed E-state index contributed by atoms with van der Waals surface area (Å²) in [4.78, 5) is 4.61. The molecule has 2 N–H and O–H groups in total. The number of benzene rings is 1. The van der Waals surface area contributed by atoms with Gasteiger partial charge in [-0.15, -0.1) is 11.3 Å². The molecule has 3 nitrogen and oxygen atoms in total. The number of thiazole rings is 1. The first-order valence-corrected chi connectivity index (χ1v) is 7.18. The van der Waals surface area contributed by atoms with Crippen molar-refractivity contribution in [1.29, 1.82) is 0 Å². The van der Waals surface area contributed by atoms with Gasteiger partial charge in [-0.2, -0.15) is 0 Å². The van der Waals surface area contributed by atoms with Crippen molar-refractivity contribution in [3.05, 3.63) is 39.8 Å². The maximum Gasteiger partial charge on any atom is 0.140 e. The molecule has 0 aliphatic carbocycles. The van der Waals surface area contributed by atoms with Crippen LogP contribution in [0.3, 0.4) is 0 Å². The molecule has 0 saturated carbocycles. The van der Waals surface area contributed by atoms with Gasteiger partial charge in [0.25, 0.3) is 0 Å². The minimum absolute atomic E-state index is 0.0898. The van der Waals surface area contributed by atoms with E-state index in [9.17, 15) is 0 Å². The van der Waals surface area contributed by atoms with Crippen LogP contribution in [0.2, 0.25) is 0 Å². The van der Waals surface area contributed by atoms with Crippen LogP contribution in [-0.2, 0) is 12.0 Å². The average Bonchev–Trinajstić information content (AvgIpc) is 2.79. The Bertz CT molecular complexity index is 570. The number of aryl methyl sites for hydroxylation is 1. The number of ether oxygens (including phenoxy) is 1. The van der Waals surface area contributed by atoms with Crippen LogP contribution in [0.1, 0.15) is 37.0 Å². The van der Waals surface area contributed by atoms with Gasteiger partial charge in [0.05, 0.1) is 5.69 Å². The van der Waals surface area contributed by atoms with E-state index in [-0.39, 0.29) is 5.41 Å². The summed E-state index contributed by atoms with van der Waals surface area (Å²) >= 11 is 1.64. The van der Waals surface area contributed by atoms with Crippen LogP contribution in [0.25, 0.3) is 0 Å². The SMILES string of the molecule is Cc1cc(OCc2nc(C(C)(C)C)cs2)ccc1N. The second-order valence-corrected chi connectivity index (χ2v) is 6.63. The van der Waals surface area contributed by atoms with Gasteiger partial charge in [-0.1, -0.05) is 20.8 Å². The highest BCUT2D eigenvalue weighted by molar-refractivity contribution is 7.09. The van der Waals surface area contributed by atoms with Gasteiger partial charge in [0.1, 0.15) is 17.4 Å². The summed E-state index contributed by atoms with van der Waals surface area (Å²) < 4.78 is 5.75. The molecular weight excluding hydrogens is 256 g/mol. The first-order valence-electron chi connectivity index (χ1n) is 6.30. The van der Waals surface area contributed by atoms with Crippen LogP contribution in [0, 0.1) is 6.92 Å². The van der Waals surface area contributed by atoms with Gasteiger partial charge in [-0.3, -0.25) is 0 Å². The van der Waals surface area contributed by atoms with Crippen molar-refractivity contribution < 1.29 is 4.74 Å². The number of rotatable bonds is 3. The van der Waals surface area contributed by atoms with Gasteiger partial charge in [0, 0.05) is 16.5 Å². The Labute approximate surface area is 118 Å². The molecule has 0 unspecified atom stereocenters. The van der Waals surface area contributed by atoms with Crippen molar-refractivity contribution in [2.45, 2.75) is 39.7 Å². The third-order valence-corrected chi connectivity index (χ3v) is 3.75. The van der Waals surface area contributed by atoms with E-state index < -0.39 is 0 Å². The molecule has 2 aromatic rings. The number of nitrogen functional groups attached to an aromatic ring is 1. The van der Waals surface area contributed by atoms with Crippen molar-refractivity contribution in [2.24, 2.45) is 0 Å². The lowest BCUT2D eigenvalue weighted by atomic mass is 9.93. The molecule has 19 heavy (non-hydrogen) atoms. The molecule has 1 aromatic heterocycles. The van der Waals surface area contributed by atoms with Gasteiger partial charge >= 0.3 is 0 Å². The first-order chi connectivity index (χ1) is 8.86. The maximum absolute atomic E-state index is 5.78. The Hall–Kier alpha value is -1.55. The molecular formula is C15H20N2OS. The molecule has 0 aliphatic heterocycles. The van der Waals surface area contributed by atoms with Crippen LogP contribution in [0.5, 0.6) is 5.75 Å². The zero-order chi connectivity index (χ0) is 14.0. The highest BCUT2D eigenvalue weighted by Crippen LogP contribution is 2.25. The topological polar surface area (TPSA) is 48.1 Å². The van der Waals surface area contributed by atoms with Crippen LogP contribution < -0.4 is 10.5 Å². The van der Waals surface area contributed by atoms with E-state index in [1.54, 1.807) is 11.3 Å². The Morgan fingerprint density at radius 3 is 2.63 bits per heavy atom. The lowest BCUT2D eigenvalue weighted by molar-refractivity contribution is 0.304. The molecule has 0 amide bonds. The molecule has 0 aliphatic rings. The van der Waals surface area contributed by atoms with Crippen molar-refractivity contribution >= 4 is 17.0 Å². The molecule has 2 rings (SSSR count). The van der Waals surface area contributed by atoms with Crippen LogP contribution in [-0.4, -0.2) is 4.98 Å². The Morgan fingerprint density at radius 1 is 1.32 bits per heavy atom. The molecule has 0 saturated heterocycles. The summed E-state index contributed by atoms with van der Waals surface area (Å²) in [6.45, 7) is 8.97. The zero-order valence-electron chi connectivity index (χ0n) is 11.9. The number of nitrogens with zero attached hydrogens (tertiary/aromatic N) is 1. The van der Waals surface area contributed by atoms with Crippen molar-refractivity contribution in [1.82, 2.24) is 4.98 Å². The Kier molecular flexibility index (Phi) is 3.80. The summed E-state index contributed by atoms with van der Waals surface area (Å²) in [6.07, 6.45) is 0. The minimum atomic E-state index is 0.0898. The Morgan fingerprint density at radius 2 is 2.05 bits per heavy atom. The summed E-state index contributed by atoms with van der Waals surface area (Å²) in [6, 6.07) is 5.71. The van der Waals surface area contributed by atoms with Crippen molar-refractivity contribution in [3.8, 4) is 5.75 Å². The highest BCUT2D eigenvalue weighted by Gasteiger charge is 2.17.